The van der Waals surface area contributed by atoms with Crippen LogP contribution in [0.1, 0.15) is 22.3 Å². The fraction of sp³-hybridized carbons (Fsp3) is 0.462. The summed E-state index contributed by atoms with van der Waals surface area (Å²) in [5.74, 6) is 0.106. The van der Waals surface area contributed by atoms with Crippen LogP contribution in [-0.2, 0) is 4.74 Å². The van der Waals surface area contributed by atoms with Gasteiger partial charge in [0.05, 0.1) is 6.10 Å². The second-order valence-electron chi connectivity index (χ2n) is 4.36. The van der Waals surface area contributed by atoms with Crippen molar-refractivity contribution in [1.82, 2.24) is 4.90 Å². The Bertz CT molecular complexity index is 433. The van der Waals surface area contributed by atoms with Crippen molar-refractivity contribution in [2.45, 2.75) is 19.4 Å². The number of nitrogens with zero attached hydrogens (tertiary/aromatic N) is 1. The van der Waals surface area contributed by atoms with Crippen molar-refractivity contribution in [2.24, 2.45) is 0 Å². The predicted molar refractivity (Wildman–Crippen MR) is 70.2 cm³/mol. The summed E-state index contributed by atoms with van der Waals surface area (Å²) in [5, 5.41) is 0. The summed E-state index contributed by atoms with van der Waals surface area (Å²) in [5.41, 5.74) is 1.79. The Kier molecular flexibility index (Phi) is 3.84. The van der Waals surface area contributed by atoms with Crippen molar-refractivity contribution >= 4 is 21.8 Å². The Morgan fingerprint density at radius 3 is 2.88 bits per heavy atom. The van der Waals surface area contributed by atoms with Crippen LogP contribution in [-0.4, -0.2) is 37.1 Å². The van der Waals surface area contributed by atoms with Crippen LogP contribution in [0.5, 0.6) is 0 Å². The number of likely N-dealkylation sites (tertiary alicyclic amines) is 1. The second kappa shape index (κ2) is 5.19. The van der Waals surface area contributed by atoms with E-state index in [1.807, 2.05) is 30.0 Å². The van der Waals surface area contributed by atoms with Gasteiger partial charge in [0.15, 0.2) is 0 Å². The first-order valence-corrected chi connectivity index (χ1v) is 6.49. The molecule has 2 rings (SSSR count). The van der Waals surface area contributed by atoms with E-state index in [0.717, 1.165) is 28.6 Å². The summed E-state index contributed by atoms with van der Waals surface area (Å²) in [6.45, 7) is 3.44. The number of hydrogen-bond donors (Lipinski definition) is 0. The fourth-order valence-electron chi connectivity index (χ4n) is 2.14. The van der Waals surface area contributed by atoms with Gasteiger partial charge < -0.3 is 9.64 Å². The lowest BCUT2D eigenvalue weighted by Gasteiger charge is -2.17. The van der Waals surface area contributed by atoms with Crippen molar-refractivity contribution in [1.29, 1.82) is 0 Å². The molecule has 92 valence electrons. The molecule has 17 heavy (non-hydrogen) atoms. The minimum Gasteiger partial charge on any atom is -0.380 e. The van der Waals surface area contributed by atoms with Gasteiger partial charge in [-0.25, -0.2) is 0 Å². The molecular formula is C13H16BrNO2. The molecule has 1 atom stereocenters. The number of benzene rings is 1. The highest BCUT2D eigenvalue weighted by atomic mass is 79.9. The largest absolute Gasteiger partial charge is 0.380 e. The van der Waals surface area contributed by atoms with E-state index in [1.165, 1.54) is 0 Å². The molecular weight excluding hydrogens is 282 g/mol. The van der Waals surface area contributed by atoms with Crippen molar-refractivity contribution in [3.8, 4) is 0 Å². The first kappa shape index (κ1) is 12.6. The van der Waals surface area contributed by atoms with Crippen LogP contribution >= 0.6 is 15.9 Å². The molecule has 1 aromatic carbocycles. The maximum absolute atomic E-state index is 12.3. The molecule has 1 aliphatic rings. The predicted octanol–water partition coefficient (Wildman–Crippen LogP) is 2.62. The fourth-order valence-corrected chi connectivity index (χ4v) is 2.62. The summed E-state index contributed by atoms with van der Waals surface area (Å²) < 4.78 is 6.28. The Labute approximate surface area is 110 Å². The zero-order valence-electron chi connectivity index (χ0n) is 10.1. The molecule has 0 N–H and O–H groups in total. The van der Waals surface area contributed by atoms with Gasteiger partial charge in [-0.05, 0) is 37.1 Å². The van der Waals surface area contributed by atoms with Crippen molar-refractivity contribution in [3.63, 3.8) is 0 Å². The molecule has 0 saturated carbocycles. The van der Waals surface area contributed by atoms with Crippen LogP contribution in [0.3, 0.4) is 0 Å². The van der Waals surface area contributed by atoms with Gasteiger partial charge in [0.2, 0.25) is 0 Å². The molecule has 3 nitrogen and oxygen atoms in total. The number of rotatable bonds is 2. The minimum atomic E-state index is 0.106. The smallest absolute Gasteiger partial charge is 0.254 e. The Morgan fingerprint density at radius 1 is 1.53 bits per heavy atom. The monoisotopic (exact) mass is 297 g/mol. The van der Waals surface area contributed by atoms with Crippen molar-refractivity contribution in [3.05, 3.63) is 33.8 Å². The standard InChI is InChI=1S/C13H16BrNO2/c1-9-7-10(14)3-4-12(9)13(16)15-6-5-11(8-15)17-2/h3-4,7,11H,5-6,8H2,1-2H3/t11-/m0/s1. The topological polar surface area (TPSA) is 29.5 Å². The summed E-state index contributed by atoms with van der Waals surface area (Å²) in [7, 11) is 1.70. The number of aryl methyl sites for hydroxylation is 1. The molecule has 4 heteroatoms. The number of amides is 1. The highest BCUT2D eigenvalue weighted by molar-refractivity contribution is 9.10. The van der Waals surface area contributed by atoms with Gasteiger partial charge >= 0.3 is 0 Å². The molecule has 0 radical (unpaired) electrons. The van der Waals surface area contributed by atoms with Crippen LogP contribution in [0.15, 0.2) is 22.7 Å². The molecule has 1 fully saturated rings. The Morgan fingerprint density at radius 2 is 2.29 bits per heavy atom. The van der Waals surface area contributed by atoms with E-state index >= 15 is 0 Å². The Hall–Kier alpha value is -0.870. The average molecular weight is 298 g/mol. The zero-order valence-corrected chi connectivity index (χ0v) is 11.7. The van der Waals surface area contributed by atoms with Gasteiger partial charge in [0.1, 0.15) is 0 Å². The van der Waals surface area contributed by atoms with E-state index in [9.17, 15) is 4.79 Å². The molecule has 1 amide bonds. The van der Waals surface area contributed by atoms with Gasteiger partial charge in [0, 0.05) is 30.2 Å². The zero-order chi connectivity index (χ0) is 12.4. The number of hydrogen-bond acceptors (Lipinski definition) is 2. The summed E-state index contributed by atoms with van der Waals surface area (Å²) in [6, 6.07) is 5.75. The van der Waals surface area contributed by atoms with E-state index in [-0.39, 0.29) is 12.0 Å². The van der Waals surface area contributed by atoms with Crippen LogP contribution < -0.4 is 0 Å². The van der Waals surface area contributed by atoms with Crippen molar-refractivity contribution in [2.75, 3.05) is 20.2 Å². The van der Waals surface area contributed by atoms with E-state index < -0.39 is 0 Å². The third-order valence-corrected chi connectivity index (χ3v) is 3.68. The van der Waals surface area contributed by atoms with Gasteiger partial charge in [-0.3, -0.25) is 4.79 Å². The molecule has 0 aromatic heterocycles. The van der Waals surface area contributed by atoms with Crippen molar-refractivity contribution < 1.29 is 9.53 Å². The molecule has 0 aliphatic carbocycles. The number of carbonyl (C=O) groups is 1. The molecule has 0 bridgehead atoms. The van der Waals surface area contributed by atoms with Crippen LogP contribution in [0.25, 0.3) is 0 Å². The lowest BCUT2D eigenvalue weighted by atomic mass is 10.1. The van der Waals surface area contributed by atoms with E-state index in [2.05, 4.69) is 15.9 Å². The lowest BCUT2D eigenvalue weighted by Crippen LogP contribution is -2.30. The van der Waals surface area contributed by atoms with Crippen LogP contribution in [0, 0.1) is 6.92 Å². The quantitative estimate of drug-likeness (QED) is 0.840. The first-order chi connectivity index (χ1) is 8.11. The lowest BCUT2D eigenvalue weighted by molar-refractivity contribution is 0.0723. The molecule has 1 aromatic rings. The maximum atomic E-state index is 12.3. The summed E-state index contributed by atoms with van der Waals surface area (Å²) >= 11 is 3.40. The number of carbonyl (C=O) groups excluding carboxylic acids is 1. The second-order valence-corrected chi connectivity index (χ2v) is 5.27. The maximum Gasteiger partial charge on any atom is 0.254 e. The average Bonchev–Trinajstić information content (AvgIpc) is 2.76. The molecule has 0 unspecified atom stereocenters. The van der Waals surface area contributed by atoms with Gasteiger partial charge in [-0.2, -0.15) is 0 Å². The Balaban J connectivity index is 2.15. The summed E-state index contributed by atoms with van der Waals surface area (Å²) in [6.07, 6.45) is 1.12. The normalized spacial score (nSPS) is 19.7. The summed E-state index contributed by atoms with van der Waals surface area (Å²) in [4.78, 5) is 14.2. The minimum absolute atomic E-state index is 0.106. The molecule has 1 saturated heterocycles. The molecule has 1 heterocycles. The third kappa shape index (κ3) is 2.69. The number of methoxy groups -OCH3 is 1. The van der Waals surface area contributed by atoms with Gasteiger partial charge in [-0.15, -0.1) is 0 Å². The highest BCUT2D eigenvalue weighted by Gasteiger charge is 2.27. The molecule has 0 spiro atoms. The van der Waals surface area contributed by atoms with E-state index in [0.29, 0.717) is 6.54 Å². The van der Waals surface area contributed by atoms with Gasteiger partial charge in [-0.1, -0.05) is 15.9 Å². The highest BCUT2D eigenvalue weighted by Crippen LogP contribution is 2.20. The van der Waals surface area contributed by atoms with Crippen LogP contribution in [0.4, 0.5) is 0 Å². The number of ether oxygens (including phenoxy) is 1. The number of halogens is 1. The molecule has 1 aliphatic heterocycles. The van der Waals surface area contributed by atoms with E-state index in [4.69, 9.17) is 4.74 Å². The third-order valence-electron chi connectivity index (χ3n) is 3.18. The first-order valence-electron chi connectivity index (χ1n) is 5.70. The van der Waals surface area contributed by atoms with Crippen LogP contribution in [0.2, 0.25) is 0 Å². The SMILES string of the molecule is CO[C@H]1CCN(C(=O)c2ccc(Br)cc2C)C1. The van der Waals surface area contributed by atoms with E-state index in [1.54, 1.807) is 7.11 Å². The van der Waals surface area contributed by atoms with Gasteiger partial charge in [0.25, 0.3) is 5.91 Å².